The van der Waals surface area contributed by atoms with Gasteiger partial charge in [0.15, 0.2) is 0 Å². The summed E-state index contributed by atoms with van der Waals surface area (Å²) < 4.78 is 0. The fraction of sp³-hybridized carbons (Fsp3) is 0.889. The lowest BCUT2D eigenvalue weighted by Gasteiger charge is -2.33. The van der Waals surface area contributed by atoms with Crippen LogP contribution in [0.1, 0.15) is 12.8 Å². The lowest BCUT2D eigenvalue weighted by Crippen LogP contribution is -2.41. The first-order valence-electron chi connectivity index (χ1n) is 4.57. The molecule has 0 aromatic carbocycles. The molecule has 3 heteroatoms. The summed E-state index contributed by atoms with van der Waals surface area (Å²) in [6, 6.07) is 0.699. The van der Waals surface area contributed by atoms with Crippen LogP contribution in [0, 0.1) is 0 Å². The smallest absolute Gasteiger partial charge is 0.0846 e. The Morgan fingerprint density at radius 2 is 2.00 bits per heavy atom. The molecule has 0 aromatic heterocycles. The number of aliphatic imine (C=N–C) groups is 1. The average molecular weight is 169 g/mol. The van der Waals surface area contributed by atoms with Gasteiger partial charge in [0, 0.05) is 20.1 Å². The van der Waals surface area contributed by atoms with E-state index in [1.807, 2.05) is 13.4 Å². The molecular formula is C9H19N3. The molecule has 0 atom stereocenters. The summed E-state index contributed by atoms with van der Waals surface area (Å²) in [6.07, 6.45) is 4.45. The van der Waals surface area contributed by atoms with Crippen molar-refractivity contribution < 1.29 is 0 Å². The van der Waals surface area contributed by atoms with Gasteiger partial charge in [0.05, 0.1) is 6.34 Å². The molecule has 0 aliphatic carbocycles. The summed E-state index contributed by atoms with van der Waals surface area (Å²) in [6.45, 7) is 2.43. The second-order valence-corrected chi connectivity index (χ2v) is 3.57. The number of rotatable bonds is 2. The minimum atomic E-state index is 0.699. The molecule has 1 aliphatic heterocycles. The summed E-state index contributed by atoms with van der Waals surface area (Å²) in [5.41, 5.74) is 0. The van der Waals surface area contributed by atoms with E-state index < -0.39 is 0 Å². The lowest BCUT2D eigenvalue weighted by molar-refractivity contribution is 0.195. The molecule has 0 N–H and O–H groups in total. The maximum absolute atomic E-state index is 4.02. The van der Waals surface area contributed by atoms with Gasteiger partial charge in [0.1, 0.15) is 0 Å². The van der Waals surface area contributed by atoms with Crippen LogP contribution in [0.4, 0.5) is 0 Å². The summed E-state index contributed by atoms with van der Waals surface area (Å²) in [4.78, 5) is 8.63. The number of likely N-dealkylation sites (tertiary alicyclic amines) is 1. The Kier molecular flexibility index (Phi) is 3.53. The van der Waals surface area contributed by atoms with Gasteiger partial charge in [-0.25, -0.2) is 0 Å². The first kappa shape index (κ1) is 9.52. The van der Waals surface area contributed by atoms with Crippen molar-refractivity contribution in [3.8, 4) is 0 Å². The topological polar surface area (TPSA) is 18.8 Å². The standard InChI is InChI=1S/C9H19N3/c1-10-8-12(3)9-4-6-11(2)7-5-9/h8-9H,4-7H2,1-3H3/b10-8-. The first-order valence-corrected chi connectivity index (χ1v) is 4.57. The summed E-state index contributed by atoms with van der Waals surface area (Å²) in [5.74, 6) is 0. The molecule has 0 spiro atoms. The maximum atomic E-state index is 4.02. The van der Waals surface area contributed by atoms with Crippen LogP contribution in [-0.2, 0) is 0 Å². The third-order valence-electron chi connectivity index (χ3n) is 2.56. The molecule has 3 nitrogen and oxygen atoms in total. The van der Waals surface area contributed by atoms with Crippen LogP contribution in [-0.4, -0.2) is 56.4 Å². The molecule has 0 unspecified atom stereocenters. The minimum Gasteiger partial charge on any atom is -0.363 e. The molecule has 0 bridgehead atoms. The van der Waals surface area contributed by atoms with Crippen LogP contribution in [0.5, 0.6) is 0 Å². The van der Waals surface area contributed by atoms with Crippen LogP contribution in [0.15, 0.2) is 4.99 Å². The molecule has 12 heavy (non-hydrogen) atoms. The van der Waals surface area contributed by atoms with E-state index in [1.165, 1.54) is 25.9 Å². The van der Waals surface area contributed by atoms with Gasteiger partial charge in [-0.2, -0.15) is 0 Å². The van der Waals surface area contributed by atoms with Crippen molar-refractivity contribution in [1.29, 1.82) is 0 Å². The monoisotopic (exact) mass is 169 g/mol. The number of hydrogen-bond donors (Lipinski definition) is 0. The van der Waals surface area contributed by atoms with Crippen molar-refractivity contribution in [2.45, 2.75) is 18.9 Å². The first-order chi connectivity index (χ1) is 5.74. The van der Waals surface area contributed by atoms with Crippen LogP contribution in [0.25, 0.3) is 0 Å². The second-order valence-electron chi connectivity index (χ2n) is 3.57. The average Bonchev–Trinajstić information content (AvgIpc) is 2.06. The van der Waals surface area contributed by atoms with E-state index in [-0.39, 0.29) is 0 Å². The molecule has 1 heterocycles. The van der Waals surface area contributed by atoms with Gasteiger partial charge in [-0.15, -0.1) is 0 Å². The molecule has 1 saturated heterocycles. The van der Waals surface area contributed by atoms with Gasteiger partial charge in [-0.3, -0.25) is 4.99 Å². The normalized spacial score (nSPS) is 21.9. The number of piperidine rings is 1. The van der Waals surface area contributed by atoms with E-state index in [1.54, 1.807) is 0 Å². The van der Waals surface area contributed by atoms with E-state index in [4.69, 9.17) is 0 Å². The van der Waals surface area contributed by atoms with E-state index >= 15 is 0 Å². The number of hydrogen-bond acceptors (Lipinski definition) is 2. The Bertz CT molecular complexity index is 148. The lowest BCUT2D eigenvalue weighted by atomic mass is 10.1. The predicted octanol–water partition coefficient (Wildman–Crippen LogP) is 0.670. The molecule has 0 amide bonds. The van der Waals surface area contributed by atoms with Crippen LogP contribution >= 0.6 is 0 Å². The van der Waals surface area contributed by atoms with E-state index in [0.29, 0.717) is 6.04 Å². The van der Waals surface area contributed by atoms with Crippen molar-refractivity contribution in [3.63, 3.8) is 0 Å². The van der Waals surface area contributed by atoms with Crippen molar-refractivity contribution in [3.05, 3.63) is 0 Å². The molecular weight excluding hydrogens is 150 g/mol. The van der Waals surface area contributed by atoms with Gasteiger partial charge >= 0.3 is 0 Å². The third kappa shape index (κ3) is 2.48. The zero-order valence-electron chi connectivity index (χ0n) is 8.32. The highest BCUT2D eigenvalue weighted by Crippen LogP contribution is 2.12. The Hall–Kier alpha value is -0.570. The Morgan fingerprint density at radius 3 is 2.50 bits per heavy atom. The fourth-order valence-corrected chi connectivity index (χ4v) is 1.68. The van der Waals surface area contributed by atoms with Gasteiger partial charge < -0.3 is 9.80 Å². The van der Waals surface area contributed by atoms with Crippen molar-refractivity contribution in [1.82, 2.24) is 9.80 Å². The Balaban J connectivity index is 2.33. The molecule has 1 aliphatic rings. The zero-order chi connectivity index (χ0) is 8.97. The fourth-order valence-electron chi connectivity index (χ4n) is 1.68. The van der Waals surface area contributed by atoms with Crippen molar-refractivity contribution in [2.24, 2.45) is 4.99 Å². The van der Waals surface area contributed by atoms with Crippen LogP contribution in [0.2, 0.25) is 0 Å². The minimum absolute atomic E-state index is 0.699. The summed E-state index contributed by atoms with van der Waals surface area (Å²) >= 11 is 0. The van der Waals surface area contributed by atoms with Crippen LogP contribution < -0.4 is 0 Å². The Morgan fingerprint density at radius 1 is 1.42 bits per heavy atom. The maximum Gasteiger partial charge on any atom is 0.0846 e. The van der Waals surface area contributed by atoms with Crippen LogP contribution in [0.3, 0.4) is 0 Å². The SMILES string of the molecule is C/N=C\N(C)C1CCN(C)CC1. The van der Waals surface area contributed by atoms with Crippen molar-refractivity contribution >= 4 is 6.34 Å². The molecule has 70 valence electrons. The number of nitrogens with zero attached hydrogens (tertiary/aromatic N) is 3. The third-order valence-corrected chi connectivity index (χ3v) is 2.56. The van der Waals surface area contributed by atoms with E-state index in [2.05, 4.69) is 28.9 Å². The quantitative estimate of drug-likeness (QED) is 0.447. The predicted molar refractivity (Wildman–Crippen MR) is 52.7 cm³/mol. The molecule has 0 saturated carbocycles. The van der Waals surface area contributed by atoms with E-state index in [0.717, 1.165) is 0 Å². The van der Waals surface area contributed by atoms with Crippen molar-refractivity contribution in [2.75, 3.05) is 34.2 Å². The highest BCUT2D eigenvalue weighted by Gasteiger charge is 2.18. The second kappa shape index (κ2) is 4.45. The largest absolute Gasteiger partial charge is 0.363 e. The zero-order valence-corrected chi connectivity index (χ0v) is 8.32. The molecule has 1 rings (SSSR count). The summed E-state index contributed by atoms with van der Waals surface area (Å²) in [5, 5.41) is 0. The summed E-state index contributed by atoms with van der Waals surface area (Å²) in [7, 11) is 6.12. The van der Waals surface area contributed by atoms with Gasteiger partial charge in [0.2, 0.25) is 0 Å². The highest BCUT2D eigenvalue weighted by molar-refractivity contribution is 5.54. The van der Waals surface area contributed by atoms with Gasteiger partial charge in [-0.05, 0) is 33.0 Å². The molecule has 0 radical (unpaired) electrons. The van der Waals surface area contributed by atoms with E-state index in [9.17, 15) is 0 Å². The van der Waals surface area contributed by atoms with Gasteiger partial charge in [-0.1, -0.05) is 0 Å². The molecule has 1 fully saturated rings. The Labute approximate surface area is 75.1 Å². The highest BCUT2D eigenvalue weighted by atomic mass is 15.2. The molecule has 0 aromatic rings. The van der Waals surface area contributed by atoms with Gasteiger partial charge in [0.25, 0.3) is 0 Å².